The van der Waals surface area contributed by atoms with Crippen molar-refractivity contribution in [3.63, 3.8) is 0 Å². The lowest BCUT2D eigenvalue weighted by Crippen LogP contribution is -2.40. The zero-order valence-corrected chi connectivity index (χ0v) is 18.9. The number of hydrogen-bond acceptors (Lipinski definition) is 5. The summed E-state index contributed by atoms with van der Waals surface area (Å²) >= 11 is 0. The number of benzene rings is 2. The van der Waals surface area contributed by atoms with Gasteiger partial charge < -0.3 is 15.0 Å². The zero-order chi connectivity index (χ0) is 22.1. The Morgan fingerprint density at radius 1 is 1.17 bits per heavy atom. The van der Waals surface area contributed by atoms with Gasteiger partial charge in [0, 0.05) is 35.6 Å². The van der Waals surface area contributed by atoms with E-state index in [2.05, 4.69) is 21.9 Å². The van der Waals surface area contributed by atoms with Crippen molar-refractivity contribution in [3.8, 4) is 5.75 Å². The van der Waals surface area contributed by atoms with Gasteiger partial charge in [0.1, 0.15) is 10.6 Å². The third-order valence-electron chi connectivity index (χ3n) is 4.87. The number of sulfonamides is 1. The topological polar surface area (TPSA) is 87.7 Å². The van der Waals surface area contributed by atoms with E-state index in [1.54, 1.807) is 26.8 Å². The summed E-state index contributed by atoms with van der Waals surface area (Å²) in [6.45, 7) is 9.24. The lowest BCUT2D eigenvalue weighted by molar-refractivity contribution is 0.102. The molecule has 0 atom stereocenters. The van der Waals surface area contributed by atoms with E-state index in [-0.39, 0.29) is 22.1 Å². The molecule has 0 fully saturated rings. The van der Waals surface area contributed by atoms with Gasteiger partial charge in [0.25, 0.3) is 5.91 Å². The Balaban J connectivity index is 1.89. The summed E-state index contributed by atoms with van der Waals surface area (Å²) in [5.41, 5.74) is 2.63. The molecule has 0 saturated heterocycles. The molecule has 0 aromatic heterocycles. The maximum Gasteiger partial charge on any atom is 0.255 e. The first kappa shape index (κ1) is 22.1. The van der Waals surface area contributed by atoms with Crippen molar-refractivity contribution in [2.75, 3.05) is 30.4 Å². The van der Waals surface area contributed by atoms with E-state index in [1.807, 2.05) is 18.2 Å². The average Bonchev–Trinajstić information content (AvgIpc) is 3.08. The first-order valence-electron chi connectivity index (χ1n) is 9.95. The molecule has 162 valence electrons. The van der Waals surface area contributed by atoms with Gasteiger partial charge in [-0.25, -0.2) is 13.1 Å². The summed E-state index contributed by atoms with van der Waals surface area (Å²) in [6.07, 6.45) is 0.998. The maximum absolute atomic E-state index is 12.8. The number of hydrogen-bond donors (Lipinski definition) is 2. The van der Waals surface area contributed by atoms with E-state index in [0.29, 0.717) is 5.69 Å². The largest absolute Gasteiger partial charge is 0.495 e. The van der Waals surface area contributed by atoms with Crippen LogP contribution in [0.4, 0.5) is 11.4 Å². The van der Waals surface area contributed by atoms with Crippen LogP contribution in [0.15, 0.2) is 41.3 Å². The Morgan fingerprint density at radius 3 is 2.53 bits per heavy atom. The first-order valence-corrected chi connectivity index (χ1v) is 11.4. The Morgan fingerprint density at radius 2 is 1.90 bits per heavy atom. The molecule has 2 N–H and O–H groups in total. The van der Waals surface area contributed by atoms with E-state index >= 15 is 0 Å². The minimum atomic E-state index is -3.87. The van der Waals surface area contributed by atoms with Gasteiger partial charge in [-0.3, -0.25) is 4.79 Å². The standard InChI is InChI=1S/C22H29N3O4S/c1-6-25-12-11-15-7-9-17(14-18(15)25)23-21(26)16-8-10-19(29-5)20(13-16)30(27,28)24-22(2,3)4/h7-10,13-14,24H,6,11-12H2,1-5H3,(H,23,26). The third kappa shape index (κ3) is 4.76. The van der Waals surface area contributed by atoms with E-state index in [0.717, 1.165) is 25.2 Å². The lowest BCUT2D eigenvalue weighted by atomic mass is 10.1. The van der Waals surface area contributed by atoms with E-state index in [9.17, 15) is 13.2 Å². The predicted octanol–water partition coefficient (Wildman–Crippen LogP) is 3.41. The van der Waals surface area contributed by atoms with Crippen molar-refractivity contribution in [3.05, 3.63) is 47.5 Å². The van der Waals surface area contributed by atoms with Crippen molar-refractivity contribution in [1.29, 1.82) is 0 Å². The number of carbonyl (C=O) groups is 1. The Hall–Kier alpha value is -2.58. The molecular formula is C22H29N3O4S. The molecule has 30 heavy (non-hydrogen) atoms. The zero-order valence-electron chi connectivity index (χ0n) is 18.1. The maximum atomic E-state index is 12.8. The number of fused-ring (bicyclic) bond motifs is 1. The van der Waals surface area contributed by atoms with Crippen LogP contribution in [-0.4, -0.2) is 40.1 Å². The van der Waals surface area contributed by atoms with Crippen LogP contribution in [0.3, 0.4) is 0 Å². The molecule has 2 aromatic rings. The van der Waals surface area contributed by atoms with E-state index in [4.69, 9.17) is 4.74 Å². The number of nitrogens with one attached hydrogen (secondary N) is 2. The van der Waals surface area contributed by atoms with Crippen molar-refractivity contribution < 1.29 is 17.9 Å². The summed E-state index contributed by atoms with van der Waals surface area (Å²) in [4.78, 5) is 15.0. The minimum absolute atomic E-state index is 0.0707. The van der Waals surface area contributed by atoms with Crippen LogP contribution in [-0.2, 0) is 16.4 Å². The van der Waals surface area contributed by atoms with Crippen LogP contribution in [0.25, 0.3) is 0 Å². The fourth-order valence-electron chi connectivity index (χ4n) is 3.54. The highest BCUT2D eigenvalue weighted by Crippen LogP contribution is 2.31. The summed E-state index contributed by atoms with van der Waals surface area (Å²) in [5.74, 6) is -0.203. The number of methoxy groups -OCH3 is 1. The highest BCUT2D eigenvalue weighted by atomic mass is 32.2. The third-order valence-corrected chi connectivity index (χ3v) is 6.65. The second-order valence-electron chi connectivity index (χ2n) is 8.35. The van der Waals surface area contributed by atoms with Gasteiger partial charge in [0.05, 0.1) is 7.11 Å². The predicted molar refractivity (Wildman–Crippen MR) is 119 cm³/mol. The fourth-order valence-corrected chi connectivity index (χ4v) is 5.16. The molecule has 0 unspecified atom stereocenters. The molecule has 3 rings (SSSR count). The highest BCUT2D eigenvalue weighted by Gasteiger charge is 2.26. The van der Waals surface area contributed by atoms with Gasteiger partial charge in [0.2, 0.25) is 10.0 Å². The molecule has 2 aromatic carbocycles. The number of nitrogens with zero attached hydrogens (tertiary/aromatic N) is 1. The Labute approximate surface area is 178 Å². The van der Waals surface area contributed by atoms with Gasteiger partial charge in [-0.05, 0) is 70.0 Å². The summed E-state index contributed by atoms with van der Waals surface area (Å²) in [7, 11) is -2.47. The van der Waals surface area contributed by atoms with Crippen LogP contribution in [0.5, 0.6) is 5.75 Å². The number of amides is 1. The molecule has 1 heterocycles. The van der Waals surface area contributed by atoms with Gasteiger partial charge >= 0.3 is 0 Å². The summed E-state index contributed by atoms with van der Waals surface area (Å²) in [6, 6.07) is 10.2. The average molecular weight is 432 g/mol. The number of rotatable bonds is 6. The summed E-state index contributed by atoms with van der Waals surface area (Å²) < 4.78 is 33.5. The molecule has 1 aliphatic rings. The fraction of sp³-hybridized carbons (Fsp3) is 0.409. The number of likely N-dealkylation sites (N-methyl/N-ethyl adjacent to an activating group) is 1. The van der Waals surface area contributed by atoms with Crippen LogP contribution in [0.1, 0.15) is 43.6 Å². The van der Waals surface area contributed by atoms with Gasteiger partial charge in [-0.2, -0.15) is 0 Å². The molecule has 0 radical (unpaired) electrons. The number of ether oxygens (including phenoxy) is 1. The van der Waals surface area contributed by atoms with Crippen molar-refractivity contribution in [2.45, 2.75) is 44.6 Å². The van der Waals surface area contributed by atoms with Crippen molar-refractivity contribution >= 4 is 27.3 Å². The molecule has 7 nitrogen and oxygen atoms in total. The lowest BCUT2D eigenvalue weighted by Gasteiger charge is -2.21. The molecule has 0 bridgehead atoms. The second-order valence-corrected chi connectivity index (χ2v) is 10.00. The number of carbonyl (C=O) groups excluding carboxylic acids is 1. The SMILES string of the molecule is CCN1CCc2ccc(NC(=O)c3ccc(OC)c(S(=O)(=O)NC(C)(C)C)c3)cc21. The molecular weight excluding hydrogens is 402 g/mol. The molecule has 0 aliphatic carbocycles. The van der Waals surface area contributed by atoms with Gasteiger partial charge in [-0.1, -0.05) is 6.07 Å². The quantitative estimate of drug-likeness (QED) is 0.732. The molecule has 1 amide bonds. The van der Waals surface area contributed by atoms with E-state index in [1.165, 1.54) is 24.8 Å². The number of anilines is 2. The highest BCUT2D eigenvalue weighted by molar-refractivity contribution is 7.89. The van der Waals surface area contributed by atoms with E-state index < -0.39 is 15.6 Å². The van der Waals surface area contributed by atoms with Crippen LogP contribution in [0, 0.1) is 0 Å². The summed E-state index contributed by atoms with van der Waals surface area (Å²) in [5, 5.41) is 2.88. The van der Waals surface area contributed by atoms with Crippen LogP contribution >= 0.6 is 0 Å². The van der Waals surface area contributed by atoms with Crippen molar-refractivity contribution in [1.82, 2.24) is 4.72 Å². The van der Waals surface area contributed by atoms with Crippen LogP contribution in [0.2, 0.25) is 0 Å². The van der Waals surface area contributed by atoms with Crippen molar-refractivity contribution in [2.24, 2.45) is 0 Å². The normalized spacial score (nSPS) is 13.8. The second kappa shape index (κ2) is 8.28. The molecule has 0 spiro atoms. The smallest absolute Gasteiger partial charge is 0.255 e. The Kier molecular flexibility index (Phi) is 6.10. The molecule has 0 saturated carbocycles. The van der Waals surface area contributed by atoms with Gasteiger partial charge in [0.15, 0.2) is 0 Å². The molecule has 8 heteroatoms. The minimum Gasteiger partial charge on any atom is -0.495 e. The molecule has 1 aliphatic heterocycles. The van der Waals surface area contributed by atoms with Crippen LogP contribution < -0.4 is 19.7 Å². The van der Waals surface area contributed by atoms with Gasteiger partial charge in [-0.15, -0.1) is 0 Å². The Bertz CT molecular complexity index is 1060. The monoisotopic (exact) mass is 431 g/mol. The first-order chi connectivity index (χ1) is 14.0.